The van der Waals surface area contributed by atoms with Gasteiger partial charge in [-0.25, -0.2) is 0 Å². The molecular weight excluding hydrogens is 437 g/mol. The van der Waals surface area contributed by atoms with E-state index in [0.29, 0.717) is 11.6 Å². The Kier molecular flexibility index (Phi) is 5.77. The normalized spacial score (nSPS) is 21.3. The van der Waals surface area contributed by atoms with Crippen LogP contribution in [-0.2, 0) is 9.59 Å². The van der Waals surface area contributed by atoms with Gasteiger partial charge in [0.05, 0.1) is 27.0 Å². The number of carbonyl (C=O) groups is 4. The number of fused-ring (bicyclic) bond motifs is 1. The third-order valence-corrected chi connectivity index (χ3v) is 7.12. The molecule has 4 amide bonds. The fourth-order valence-electron chi connectivity index (χ4n) is 3.93. The molecule has 2 saturated heterocycles. The standard InChI is InChI=1S/C19H19Cl2N3O4S/c20-11-3-4-12(21)16-15(11)18(27)23(19(16)28)8-5-14(25)24-10-29-9-13(24)17(26)22-6-1-2-7-22/h3-4,13H,1-2,5-10H2. The van der Waals surface area contributed by atoms with Crippen molar-refractivity contribution in [2.45, 2.75) is 25.3 Å². The summed E-state index contributed by atoms with van der Waals surface area (Å²) in [7, 11) is 0. The van der Waals surface area contributed by atoms with Crippen molar-refractivity contribution < 1.29 is 19.2 Å². The van der Waals surface area contributed by atoms with Crippen molar-refractivity contribution in [3.63, 3.8) is 0 Å². The maximum atomic E-state index is 12.8. The molecule has 0 saturated carbocycles. The monoisotopic (exact) mass is 455 g/mol. The number of nitrogens with zero attached hydrogens (tertiary/aromatic N) is 3. The van der Waals surface area contributed by atoms with E-state index in [1.807, 2.05) is 4.90 Å². The van der Waals surface area contributed by atoms with Crippen LogP contribution in [0.15, 0.2) is 12.1 Å². The van der Waals surface area contributed by atoms with Crippen LogP contribution < -0.4 is 0 Å². The molecule has 29 heavy (non-hydrogen) atoms. The zero-order valence-electron chi connectivity index (χ0n) is 15.5. The van der Waals surface area contributed by atoms with Crippen molar-refractivity contribution in [2.75, 3.05) is 31.3 Å². The first-order chi connectivity index (χ1) is 13.9. The molecule has 0 spiro atoms. The van der Waals surface area contributed by atoms with E-state index in [4.69, 9.17) is 23.2 Å². The third-order valence-electron chi connectivity index (χ3n) is 5.48. The molecule has 2 fully saturated rings. The number of halogens is 2. The van der Waals surface area contributed by atoms with Crippen LogP contribution in [-0.4, -0.2) is 75.6 Å². The summed E-state index contributed by atoms with van der Waals surface area (Å²) < 4.78 is 0. The maximum Gasteiger partial charge on any atom is 0.263 e. The van der Waals surface area contributed by atoms with Gasteiger partial charge in [0, 0.05) is 31.8 Å². The molecule has 0 radical (unpaired) electrons. The van der Waals surface area contributed by atoms with Crippen molar-refractivity contribution in [3.05, 3.63) is 33.3 Å². The van der Waals surface area contributed by atoms with Crippen LogP contribution in [0.2, 0.25) is 10.0 Å². The second kappa shape index (κ2) is 8.16. The van der Waals surface area contributed by atoms with Gasteiger partial charge in [0.1, 0.15) is 6.04 Å². The molecule has 154 valence electrons. The number of amides is 4. The van der Waals surface area contributed by atoms with Gasteiger partial charge in [-0.1, -0.05) is 23.2 Å². The van der Waals surface area contributed by atoms with Gasteiger partial charge < -0.3 is 9.80 Å². The lowest BCUT2D eigenvalue weighted by molar-refractivity contribution is -0.142. The van der Waals surface area contributed by atoms with Gasteiger partial charge in [-0.05, 0) is 25.0 Å². The number of likely N-dealkylation sites (tertiary alicyclic amines) is 1. The van der Waals surface area contributed by atoms with E-state index in [1.54, 1.807) is 4.90 Å². The van der Waals surface area contributed by atoms with E-state index in [1.165, 1.54) is 23.9 Å². The van der Waals surface area contributed by atoms with E-state index in [9.17, 15) is 19.2 Å². The number of thioether (sulfide) groups is 1. The minimum Gasteiger partial charge on any atom is -0.341 e. The molecule has 4 rings (SSSR count). The molecule has 0 N–H and O–H groups in total. The average Bonchev–Trinajstić information content (AvgIpc) is 3.44. The van der Waals surface area contributed by atoms with Gasteiger partial charge in [-0.15, -0.1) is 11.8 Å². The summed E-state index contributed by atoms with van der Waals surface area (Å²) in [5.41, 5.74) is 0.158. The average molecular weight is 456 g/mol. The summed E-state index contributed by atoms with van der Waals surface area (Å²) in [5, 5.41) is 0.313. The summed E-state index contributed by atoms with van der Waals surface area (Å²) in [5.74, 6) is -0.361. The van der Waals surface area contributed by atoms with Crippen LogP contribution in [0.1, 0.15) is 40.0 Å². The van der Waals surface area contributed by atoms with Crippen molar-refractivity contribution in [1.82, 2.24) is 14.7 Å². The predicted octanol–water partition coefficient (Wildman–Crippen LogP) is 2.50. The van der Waals surface area contributed by atoms with Crippen molar-refractivity contribution in [2.24, 2.45) is 0 Å². The topological polar surface area (TPSA) is 78.0 Å². The number of rotatable bonds is 4. The van der Waals surface area contributed by atoms with Crippen LogP contribution in [0.5, 0.6) is 0 Å². The zero-order chi connectivity index (χ0) is 20.7. The lowest BCUT2D eigenvalue weighted by atomic mass is 10.1. The molecule has 1 unspecified atom stereocenters. The zero-order valence-corrected chi connectivity index (χ0v) is 17.9. The molecule has 3 aliphatic heterocycles. The maximum absolute atomic E-state index is 12.8. The Morgan fingerprint density at radius 1 is 1.03 bits per heavy atom. The number of hydrogen-bond donors (Lipinski definition) is 0. The minimum atomic E-state index is -0.550. The highest BCUT2D eigenvalue weighted by Gasteiger charge is 2.41. The molecule has 0 bridgehead atoms. The minimum absolute atomic E-state index is 0.0138. The molecule has 3 aliphatic rings. The Labute approximate surface area is 182 Å². The van der Waals surface area contributed by atoms with Gasteiger partial charge in [-0.2, -0.15) is 0 Å². The van der Waals surface area contributed by atoms with Gasteiger partial charge in [0.15, 0.2) is 0 Å². The smallest absolute Gasteiger partial charge is 0.263 e. The van der Waals surface area contributed by atoms with Crippen molar-refractivity contribution >= 4 is 58.6 Å². The predicted molar refractivity (Wildman–Crippen MR) is 110 cm³/mol. The lowest BCUT2D eigenvalue weighted by Crippen LogP contribution is -2.48. The highest BCUT2D eigenvalue weighted by molar-refractivity contribution is 7.99. The molecule has 10 heteroatoms. The number of carbonyl (C=O) groups excluding carboxylic acids is 4. The molecular formula is C19H19Cl2N3O4S. The largest absolute Gasteiger partial charge is 0.341 e. The summed E-state index contributed by atoms with van der Waals surface area (Å²) in [6.07, 6.45) is 1.93. The Morgan fingerprint density at radius 2 is 1.62 bits per heavy atom. The van der Waals surface area contributed by atoms with Crippen LogP contribution in [0.3, 0.4) is 0 Å². The van der Waals surface area contributed by atoms with Gasteiger partial charge in [-0.3, -0.25) is 24.1 Å². The summed E-state index contributed by atoms with van der Waals surface area (Å²) >= 11 is 13.7. The molecule has 0 aliphatic carbocycles. The highest BCUT2D eigenvalue weighted by Crippen LogP contribution is 2.34. The quantitative estimate of drug-likeness (QED) is 0.651. The molecule has 7 nitrogen and oxygen atoms in total. The number of hydrogen-bond acceptors (Lipinski definition) is 5. The SMILES string of the molecule is O=C(C1CSCN1C(=O)CCN1C(=O)c2c(Cl)ccc(Cl)c2C1=O)N1CCCC1. The fraction of sp³-hybridized carbons (Fsp3) is 0.474. The Balaban J connectivity index is 1.43. The first kappa shape index (κ1) is 20.5. The molecule has 1 atom stereocenters. The van der Waals surface area contributed by atoms with E-state index in [-0.39, 0.29) is 46.0 Å². The van der Waals surface area contributed by atoms with Gasteiger partial charge >= 0.3 is 0 Å². The number of imide groups is 1. The van der Waals surface area contributed by atoms with E-state index in [0.717, 1.165) is 30.8 Å². The van der Waals surface area contributed by atoms with Gasteiger partial charge in [0.25, 0.3) is 11.8 Å². The van der Waals surface area contributed by atoms with Crippen LogP contribution in [0.25, 0.3) is 0 Å². The molecule has 0 aromatic heterocycles. The van der Waals surface area contributed by atoms with Crippen molar-refractivity contribution in [3.8, 4) is 0 Å². The number of benzene rings is 1. The first-order valence-corrected chi connectivity index (χ1v) is 11.3. The summed E-state index contributed by atoms with van der Waals surface area (Å²) in [4.78, 5) is 55.1. The van der Waals surface area contributed by atoms with E-state index < -0.39 is 17.9 Å². The molecule has 1 aromatic rings. The van der Waals surface area contributed by atoms with Gasteiger partial charge in [0.2, 0.25) is 11.8 Å². The van der Waals surface area contributed by atoms with Crippen molar-refractivity contribution in [1.29, 1.82) is 0 Å². The second-order valence-corrected chi connectivity index (χ2v) is 9.02. The molecule has 1 aromatic carbocycles. The van der Waals surface area contributed by atoms with E-state index >= 15 is 0 Å². The van der Waals surface area contributed by atoms with Crippen LogP contribution in [0.4, 0.5) is 0 Å². The third kappa shape index (κ3) is 3.62. The summed E-state index contributed by atoms with van der Waals surface area (Å²) in [6, 6.07) is 2.47. The van der Waals surface area contributed by atoms with Crippen LogP contribution >= 0.6 is 35.0 Å². The Bertz CT molecular complexity index is 863. The lowest BCUT2D eigenvalue weighted by Gasteiger charge is -2.27. The first-order valence-electron chi connectivity index (χ1n) is 9.40. The molecule has 3 heterocycles. The summed E-state index contributed by atoms with van der Waals surface area (Å²) in [6.45, 7) is 1.39. The Hall–Kier alpha value is -1.77. The van der Waals surface area contributed by atoms with Crippen LogP contribution in [0, 0.1) is 0 Å². The Morgan fingerprint density at radius 3 is 2.21 bits per heavy atom. The van der Waals surface area contributed by atoms with E-state index in [2.05, 4.69) is 0 Å². The fourth-order valence-corrected chi connectivity index (χ4v) is 5.58. The second-order valence-electron chi connectivity index (χ2n) is 7.20. The highest BCUT2D eigenvalue weighted by atomic mass is 35.5.